The molecule has 2 fully saturated rings. The van der Waals surface area contributed by atoms with Crippen molar-refractivity contribution in [1.29, 1.82) is 0 Å². The minimum atomic E-state index is 0.324. The maximum atomic E-state index is 5.84. The summed E-state index contributed by atoms with van der Waals surface area (Å²) in [4.78, 5) is 0. The normalized spacial score (nSPS) is 30.8. The molecular formula is C17H26N2. The van der Waals surface area contributed by atoms with Gasteiger partial charge in [-0.1, -0.05) is 30.2 Å². The summed E-state index contributed by atoms with van der Waals surface area (Å²) in [6.45, 7) is 4.35. The molecule has 1 aromatic carbocycles. The topological polar surface area (TPSA) is 38.0 Å². The first-order chi connectivity index (χ1) is 9.17. The highest BCUT2D eigenvalue weighted by atomic mass is 15.2. The molecule has 0 aromatic heterocycles. The number of fused-ring (bicyclic) bond motifs is 2. The van der Waals surface area contributed by atoms with Crippen molar-refractivity contribution in [1.82, 2.24) is 5.43 Å². The second kappa shape index (κ2) is 5.26. The van der Waals surface area contributed by atoms with Gasteiger partial charge in [0, 0.05) is 6.04 Å². The van der Waals surface area contributed by atoms with Crippen molar-refractivity contribution in [3.05, 3.63) is 34.9 Å². The summed E-state index contributed by atoms with van der Waals surface area (Å²) in [5, 5.41) is 0. The fourth-order valence-electron chi connectivity index (χ4n) is 4.47. The molecule has 0 spiro atoms. The van der Waals surface area contributed by atoms with Crippen LogP contribution in [0, 0.1) is 31.6 Å². The van der Waals surface area contributed by atoms with Gasteiger partial charge in [-0.05, 0) is 68.4 Å². The van der Waals surface area contributed by atoms with E-state index >= 15 is 0 Å². The molecule has 0 amide bonds. The van der Waals surface area contributed by atoms with Crippen molar-refractivity contribution in [2.45, 2.75) is 52.0 Å². The van der Waals surface area contributed by atoms with Crippen molar-refractivity contribution in [2.24, 2.45) is 23.6 Å². The lowest BCUT2D eigenvalue weighted by molar-refractivity contribution is 0.280. The van der Waals surface area contributed by atoms with E-state index in [1.807, 2.05) is 0 Å². The van der Waals surface area contributed by atoms with Crippen molar-refractivity contribution in [3.8, 4) is 0 Å². The van der Waals surface area contributed by atoms with Crippen molar-refractivity contribution in [2.75, 3.05) is 0 Å². The van der Waals surface area contributed by atoms with Crippen LogP contribution in [0.1, 0.15) is 54.8 Å². The Kier molecular flexibility index (Phi) is 3.64. The molecule has 0 heterocycles. The minimum Gasteiger partial charge on any atom is -0.271 e. The van der Waals surface area contributed by atoms with Crippen LogP contribution in [0.5, 0.6) is 0 Å². The van der Waals surface area contributed by atoms with Gasteiger partial charge in [-0.3, -0.25) is 11.3 Å². The van der Waals surface area contributed by atoms with Crippen LogP contribution in [0.3, 0.4) is 0 Å². The van der Waals surface area contributed by atoms with Gasteiger partial charge in [0.25, 0.3) is 0 Å². The number of nitrogens with two attached hydrogens (primary N) is 1. The lowest BCUT2D eigenvalue weighted by Gasteiger charge is -2.27. The number of hydrogen-bond acceptors (Lipinski definition) is 2. The highest BCUT2D eigenvalue weighted by Gasteiger charge is 2.40. The summed E-state index contributed by atoms with van der Waals surface area (Å²) in [5.74, 6) is 8.73. The Labute approximate surface area is 116 Å². The summed E-state index contributed by atoms with van der Waals surface area (Å²) in [5.41, 5.74) is 7.15. The van der Waals surface area contributed by atoms with E-state index in [-0.39, 0.29) is 0 Å². The maximum absolute atomic E-state index is 5.84. The quantitative estimate of drug-likeness (QED) is 0.639. The average molecular weight is 258 g/mol. The van der Waals surface area contributed by atoms with E-state index in [0.717, 1.165) is 17.8 Å². The fourth-order valence-corrected chi connectivity index (χ4v) is 4.47. The molecule has 2 aliphatic carbocycles. The number of benzene rings is 1. The Morgan fingerprint density at radius 3 is 2.68 bits per heavy atom. The van der Waals surface area contributed by atoms with Gasteiger partial charge in [0.1, 0.15) is 0 Å². The molecule has 104 valence electrons. The van der Waals surface area contributed by atoms with E-state index in [0.29, 0.717) is 6.04 Å². The summed E-state index contributed by atoms with van der Waals surface area (Å²) in [6.07, 6.45) is 7.06. The molecule has 2 bridgehead atoms. The maximum Gasteiger partial charge on any atom is 0.0465 e. The first-order valence-corrected chi connectivity index (χ1v) is 7.70. The first-order valence-electron chi connectivity index (χ1n) is 7.70. The molecule has 4 atom stereocenters. The zero-order valence-corrected chi connectivity index (χ0v) is 12.2. The molecule has 3 N–H and O–H groups in total. The monoisotopic (exact) mass is 258 g/mol. The third-order valence-electron chi connectivity index (χ3n) is 5.42. The summed E-state index contributed by atoms with van der Waals surface area (Å²) in [6, 6.07) is 7.04. The van der Waals surface area contributed by atoms with Crippen LogP contribution in [0.25, 0.3) is 0 Å². The molecule has 2 saturated carbocycles. The van der Waals surface area contributed by atoms with Crippen LogP contribution < -0.4 is 11.3 Å². The predicted molar refractivity (Wildman–Crippen MR) is 79.5 cm³/mol. The molecule has 2 heteroatoms. The van der Waals surface area contributed by atoms with Gasteiger partial charge in [0.2, 0.25) is 0 Å². The van der Waals surface area contributed by atoms with Crippen molar-refractivity contribution in [3.63, 3.8) is 0 Å². The summed E-state index contributed by atoms with van der Waals surface area (Å²) < 4.78 is 0. The molecule has 0 saturated heterocycles. The van der Waals surface area contributed by atoms with Gasteiger partial charge in [-0.2, -0.15) is 0 Å². The van der Waals surface area contributed by atoms with Crippen LogP contribution in [0.4, 0.5) is 0 Å². The van der Waals surface area contributed by atoms with Crippen LogP contribution in [-0.4, -0.2) is 0 Å². The van der Waals surface area contributed by atoms with Crippen molar-refractivity contribution >= 4 is 0 Å². The van der Waals surface area contributed by atoms with Gasteiger partial charge in [-0.15, -0.1) is 0 Å². The van der Waals surface area contributed by atoms with Crippen LogP contribution in [0.2, 0.25) is 0 Å². The van der Waals surface area contributed by atoms with E-state index in [1.165, 1.54) is 48.8 Å². The molecule has 2 nitrogen and oxygen atoms in total. The standard InChI is InChI=1S/C17H26N2/c1-11-3-6-16(12(2)7-11)17(19-18)10-15-9-13-4-5-14(15)8-13/h3,6-7,13-15,17,19H,4-5,8-10,18H2,1-2H3. The number of aryl methyl sites for hydroxylation is 2. The van der Waals surface area contributed by atoms with Crippen LogP contribution >= 0.6 is 0 Å². The predicted octanol–water partition coefficient (Wildman–Crippen LogP) is 3.63. The van der Waals surface area contributed by atoms with Gasteiger partial charge < -0.3 is 0 Å². The van der Waals surface area contributed by atoms with Crippen LogP contribution in [-0.2, 0) is 0 Å². The smallest absolute Gasteiger partial charge is 0.0465 e. The Morgan fingerprint density at radius 2 is 2.11 bits per heavy atom. The van der Waals surface area contributed by atoms with Gasteiger partial charge in [-0.25, -0.2) is 0 Å². The number of hydrazine groups is 1. The van der Waals surface area contributed by atoms with Gasteiger partial charge in [0.05, 0.1) is 0 Å². The highest BCUT2D eigenvalue weighted by Crippen LogP contribution is 2.50. The molecule has 1 aromatic rings. The zero-order valence-electron chi connectivity index (χ0n) is 12.2. The third-order valence-corrected chi connectivity index (χ3v) is 5.42. The Bertz CT molecular complexity index is 455. The molecule has 19 heavy (non-hydrogen) atoms. The first kappa shape index (κ1) is 13.1. The van der Waals surface area contributed by atoms with Gasteiger partial charge in [0.15, 0.2) is 0 Å². The van der Waals surface area contributed by atoms with E-state index in [1.54, 1.807) is 0 Å². The average Bonchev–Trinajstić information content (AvgIpc) is 2.99. The summed E-state index contributed by atoms with van der Waals surface area (Å²) in [7, 11) is 0. The second-order valence-electron chi connectivity index (χ2n) is 6.75. The number of rotatable bonds is 4. The number of nitrogens with one attached hydrogen (secondary N) is 1. The largest absolute Gasteiger partial charge is 0.271 e. The van der Waals surface area contributed by atoms with Crippen molar-refractivity contribution < 1.29 is 0 Å². The lowest BCUT2D eigenvalue weighted by Crippen LogP contribution is -2.31. The molecule has 0 aliphatic heterocycles. The molecule has 4 unspecified atom stereocenters. The summed E-state index contributed by atoms with van der Waals surface area (Å²) >= 11 is 0. The van der Waals surface area contributed by atoms with E-state index < -0.39 is 0 Å². The van der Waals surface area contributed by atoms with E-state index in [9.17, 15) is 0 Å². The Hall–Kier alpha value is -0.860. The highest BCUT2D eigenvalue weighted by molar-refractivity contribution is 5.32. The number of hydrogen-bond donors (Lipinski definition) is 2. The molecule has 3 rings (SSSR count). The second-order valence-corrected chi connectivity index (χ2v) is 6.75. The Morgan fingerprint density at radius 1 is 1.26 bits per heavy atom. The van der Waals surface area contributed by atoms with Crippen LogP contribution in [0.15, 0.2) is 18.2 Å². The fraction of sp³-hybridized carbons (Fsp3) is 0.647. The Balaban J connectivity index is 1.73. The third kappa shape index (κ3) is 2.56. The van der Waals surface area contributed by atoms with E-state index in [2.05, 4.69) is 37.5 Å². The SMILES string of the molecule is Cc1ccc(C(CC2CC3CCC2C3)NN)c(C)c1. The molecule has 0 radical (unpaired) electrons. The minimum absolute atomic E-state index is 0.324. The zero-order chi connectivity index (χ0) is 13.4. The lowest BCUT2D eigenvalue weighted by atomic mass is 9.82. The molecule has 2 aliphatic rings. The van der Waals surface area contributed by atoms with Gasteiger partial charge >= 0.3 is 0 Å². The molecular weight excluding hydrogens is 232 g/mol. The van der Waals surface area contributed by atoms with E-state index in [4.69, 9.17) is 5.84 Å².